The van der Waals surface area contributed by atoms with Crippen molar-refractivity contribution >= 4 is 29.5 Å². The number of amides is 4. The van der Waals surface area contributed by atoms with Crippen LogP contribution in [0.15, 0.2) is 78.9 Å². The van der Waals surface area contributed by atoms with Crippen LogP contribution in [-0.4, -0.2) is 65.8 Å². The highest BCUT2D eigenvalue weighted by atomic mass is 19.2. The van der Waals surface area contributed by atoms with Crippen LogP contribution in [0.25, 0.3) is 0 Å². The minimum Gasteiger partial charge on any atom is -0.434 e. The molecule has 0 bridgehead atoms. The van der Waals surface area contributed by atoms with Crippen LogP contribution in [0.4, 0.5) is 19.3 Å². The third-order valence-electron chi connectivity index (χ3n) is 7.91. The standard InChI is InChI=1S/C35H40F2N4O6/c1-21(2)32(38-22(3)42)34(45)39-25(16-23-10-6-4-7-11-23)18-30(43)29(17-24-12-8-5-9-13-24)40-33(44)31-20-41(35(46)47-31)26-14-15-27(36)28(37)19-26/h4-15,19,21,25,29-32,43H,16-18,20H2,1-3H3,(H,38,42)(H,39,45)(H,40,44)/t25-,29-,30?,31-,32?/m0/s1. The van der Waals surface area contributed by atoms with Gasteiger partial charge in [0.15, 0.2) is 17.7 Å². The Kier molecular flexibility index (Phi) is 12.0. The van der Waals surface area contributed by atoms with Crippen LogP contribution in [0.5, 0.6) is 0 Å². The number of benzene rings is 3. The Morgan fingerprint density at radius 2 is 1.51 bits per heavy atom. The quantitative estimate of drug-likeness (QED) is 0.210. The Morgan fingerprint density at radius 3 is 2.09 bits per heavy atom. The number of cyclic esters (lactones) is 1. The van der Waals surface area contributed by atoms with Gasteiger partial charge in [-0.2, -0.15) is 0 Å². The second kappa shape index (κ2) is 16.1. The van der Waals surface area contributed by atoms with Crippen LogP contribution in [0.1, 0.15) is 38.3 Å². The molecule has 10 nitrogen and oxygen atoms in total. The molecule has 0 spiro atoms. The maximum atomic E-state index is 13.8. The number of ether oxygens (including phenoxy) is 1. The van der Waals surface area contributed by atoms with Crippen molar-refractivity contribution in [3.63, 3.8) is 0 Å². The zero-order valence-electron chi connectivity index (χ0n) is 26.5. The molecule has 2 unspecified atom stereocenters. The molecule has 3 aromatic carbocycles. The van der Waals surface area contributed by atoms with E-state index in [4.69, 9.17) is 4.74 Å². The monoisotopic (exact) mass is 650 g/mol. The maximum absolute atomic E-state index is 13.8. The van der Waals surface area contributed by atoms with E-state index in [9.17, 15) is 33.1 Å². The van der Waals surface area contributed by atoms with Gasteiger partial charge < -0.3 is 25.8 Å². The number of carbonyl (C=O) groups is 4. The topological polar surface area (TPSA) is 137 Å². The van der Waals surface area contributed by atoms with Crippen molar-refractivity contribution in [3.05, 3.63) is 102 Å². The lowest BCUT2D eigenvalue weighted by Gasteiger charge is -2.30. The summed E-state index contributed by atoms with van der Waals surface area (Å²) in [6.07, 6.45) is -2.75. The van der Waals surface area contributed by atoms with Gasteiger partial charge >= 0.3 is 6.09 Å². The van der Waals surface area contributed by atoms with Crippen LogP contribution in [-0.2, 0) is 32.0 Å². The number of halogens is 2. The van der Waals surface area contributed by atoms with E-state index < -0.39 is 59.9 Å². The number of rotatable bonds is 14. The molecule has 5 atom stereocenters. The Morgan fingerprint density at radius 1 is 0.894 bits per heavy atom. The van der Waals surface area contributed by atoms with Crippen molar-refractivity contribution in [3.8, 4) is 0 Å². The van der Waals surface area contributed by atoms with Gasteiger partial charge in [-0.05, 0) is 48.4 Å². The third kappa shape index (κ3) is 9.82. The highest BCUT2D eigenvalue weighted by Gasteiger charge is 2.39. The molecular weight excluding hydrogens is 610 g/mol. The number of carbonyl (C=O) groups excluding carboxylic acids is 4. The summed E-state index contributed by atoms with van der Waals surface area (Å²) < 4.78 is 32.6. The van der Waals surface area contributed by atoms with E-state index in [0.717, 1.165) is 28.2 Å². The lowest BCUT2D eigenvalue weighted by molar-refractivity contribution is -0.130. The fraction of sp³-hybridized carbons (Fsp3) is 0.371. The molecular formula is C35H40F2N4O6. The molecule has 0 saturated carbocycles. The van der Waals surface area contributed by atoms with Crippen molar-refractivity contribution in [2.24, 2.45) is 5.92 Å². The van der Waals surface area contributed by atoms with Gasteiger partial charge in [0.25, 0.3) is 5.91 Å². The first-order valence-electron chi connectivity index (χ1n) is 15.5. The minimum atomic E-state index is -1.29. The average Bonchev–Trinajstić information content (AvgIpc) is 3.43. The second-order valence-corrected chi connectivity index (χ2v) is 12.0. The Labute approximate surface area is 272 Å². The molecule has 47 heavy (non-hydrogen) atoms. The smallest absolute Gasteiger partial charge is 0.415 e. The molecule has 1 saturated heterocycles. The van der Waals surface area contributed by atoms with Gasteiger partial charge in [-0.15, -0.1) is 0 Å². The summed E-state index contributed by atoms with van der Waals surface area (Å²) in [5.74, 6) is -3.86. The van der Waals surface area contributed by atoms with Crippen LogP contribution < -0.4 is 20.9 Å². The van der Waals surface area contributed by atoms with E-state index in [-0.39, 0.29) is 36.9 Å². The minimum absolute atomic E-state index is 0.0310. The van der Waals surface area contributed by atoms with Gasteiger partial charge in [0.05, 0.1) is 24.4 Å². The zero-order valence-corrected chi connectivity index (χ0v) is 26.5. The molecule has 0 radical (unpaired) electrons. The number of aliphatic hydroxyl groups is 1. The molecule has 4 amide bonds. The van der Waals surface area contributed by atoms with E-state index in [0.29, 0.717) is 6.42 Å². The van der Waals surface area contributed by atoms with Gasteiger partial charge in [-0.1, -0.05) is 74.5 Å². The van der Waals surface area contributed by atoms with E-state index in [1.807, 2.05) is 74.5 Å². The van der Waals surface area contributed by atoms with Crippen molar-refractivity contribution in [1.82, 2.24) is 16.0 Å². The SMILES string of the molecule is CC(=O)NC(C(=O)N[C@@H](Cc1ccccc1)CC(O)[C@H](Cc1ccccc1)NC(=O)[C@@H]1CN(c2ccc(F)c(F)c2)C(=O)O1)C(C)C. The summed E-state index contributed by atoms with van der Waals surface area (Å²) in [5.41, 5.74) is 1.76. The second-order valence-electron chi connectivity index (χ2n) is 12.0. The summed E-state index contributed by atoms with van der Waals surface area (Å²) in [7, 11) is 0. The van der Waals surface area contributed by atoms with Crippen LogP contribution in [0, 0.1) is 17.6 Å². The lowest BCUT2D eigenvalue weighted by atomic mass is 9.93. The predicted octanol–water partition coefficient (Wildman–Crippen LogP) is 3.66. The fourth-order valence-corrected chi connectivity index (χ4v) is 5.48. The molecule has 0 aromatic heterocycles. The summed E-state index contributed by atoms with van der Waals surface area (Å²) in [4.78, 5) is 52.2. The molecule has 1 fully saturated rings. The van der Waals surface area contributed by atoms with Crippen molar-refractivity contribution in [2.75, 3.05) is 11.4 Å². The summed E-state index contributed by atoms with van der Waals surface area (Å²) in [6.45, 7) is 4.71. The van der Waals surface area contributed by atoms with E-state index in [2.05, 4.69) is 16.0 Å². The molecule has 4 N–H and O–H groups in total. The molecule has 1 heterocycles. The summed E-state index contributed by atoms with van der Waals surface area (Å²) >= 11 is 0. The number of nitrogens with zero attached hydrogens (tertiary/aromatic N) is 1. The molecule has 1 aliphatic heterocycles. The van der Waals surface area contributed by atoms with Gasteiger partial charge in [0.1, 0.15) is 6.04 Å². The highest BCUT2D eigenvalue weighted by molar-refractivity contribution is 5.95. The van der Waals surface area contributed by atoms with Crippen LogP contribution >= 0.6 is 0 Å². The third-order valence-corrected chi connectivity index (χ3v) is 7.91. The molecule has 0 aliphatic carbocycles. The Hall–Kier alpha value is -4.84. The number of nitrogens with one attached hydrogen (secondary N) is 3. The van der Waals surface area contributed by atoms with Crippen molar-refractivity contribution in [1.29, 1.82) is 0 Å². The molecule has 12 heteroatoms. The Bertz CT molecular complexity index is 1540. The number of hydrogen-bond acceptors (Lipinski definition) is 6. The molecule has 250 valence electrons. The van der Waals surface area contributed by atoms with Crippen molar-refractivity contribution in [2.45, 2.75) is 70.4 Å². The molecule has 3 aromatic rings. The zero-order chi connectivity index (χ0) is 34.1. The van der Waals surface area contributed by atoms with E-state index >= 15 is 0 Å². The maximum Gasteiger partial charge on any atom is 0.415 e. The summed E-state index contributed by atoms with van der Waals surface area (Å²) in [5, 5.41) is 20.1. The highest BCUT2D eigenvalue weighted by Crippen LogP contribution is 2.24. The lowest BCUT2D eigenvalue weighted by Crippen LogP contribution is -2.54. The summed E-state index contributed by atoms with van der Waals surface area (Å²) in [6, 6.07) is 19.2. The first-order chi connectivity index (χ1) is 22.4. The van der Waals surface area contributed by atoms with Crippen molar-refractivity contribution < 1.29 is 37.8 Å². The van der Waals surface area contributed by atoms with E-state index in [1.54, 1.807) is 0 Å². The predicted molar refractivity (Wildman–Crippen MR) is 171 cm³/mol. The number of hydrogen-bond donors (Lipinski definition) is 4. The first kappa shape index (κ1) is 35.0. The van der Waals surface area contributed by atoms with Gasteiger partial charge in [-0.3, -0.25) is 19.3 Å². The number of aliphatic hydroxyl groups excluding tert-OH is 1. The van der Waals surface area contributed by atoms with Gasteiger partial charge in [-0.25, -0.2) is 13.6 Å². The largest absolute Gasteiger partial charge is 0.434 e. The van der Waals surface area contributed by atoms with Gasteiger partial charge in [0.2, 0.25) is 11.8 Å². The Balaban J connectivity index is 1.53. The fourth-order valence-electron chi connectivity index (χ4n) is 5.48. The van der Waals surface area contributed by atoms with Gasteiger partial charge in [0, 0.05) is 19.0 Å². The van der Waals surface area contributed by atoms with Crippen LogP contribution in [0.3, 0.4) is 0 Å². The molecule has 4 rings (SSSR count). The number of anilines is 1. The van der Waals surface area contributed by atoms with E-state index in [1.165, 1.54) is 13.0 Å². The van der Waals surface area contributed by atoms with Crippen LogP contribution in [0.2, 0.25) is 0 Å². The average molecular weight is 651 g/mol. The first-order valence-corrected chi connectivity index (χ1v) is 15.5. The molecule has 1 aliphatic rings. The normalized spacial score (nSPS) is 17.0.